The maximum atomic E-state index is 10.4. The second kappa shape index (κ2) is 4.62. The molecule has 0 atom stereocenters. The van der Waals surface area contributed by atoms with E-state index in [-0.39, 0.29) is 6.42 Å². The summed E-state index contributed by atoms with van der Waals surface area (Å²) in [6.07, 6.45) is 1.75. The first-order valence-corrected chi connectivity index (χ1v) is 5.87. The van der Waals surface area contributed by atoms with E-state index >= 15 is 0 Å². The Kier molecular flexibility index (Phi) is 3.18. The van der Waals surface area contributed by atoms with E-state index in [0.29, 0.717) is 6.42 Å². The predicted molar refractivity (Wildman–Crippen MR) is 68.3 cm³/mol. The molecule has 3 nitrogen and oxygen atoms in total. The molecule has 2 aromatic rings. The van der Waals surface area contributed by atoms with Crippen molar-refractivity contribution in [3.63, 3.8) is 0 Å². The number of hydrogen-bond donors (Lipinski definition) is 2. The third-order valence-corrected chi connectivity index (χ3v) is 3.23. The van der Waals surface area contributed by atoms with Crippen molar-refractivity contribution in [2.24, 2.45) is 0 Å². The molecule has 0 aliphatic heterocycles. The molecule has 2 N–H and O–H groups in total. The minimum atomic E-state index is -0.724. The average molecular weight is 231 g/mol. The third kappa shape index (κ3) is 2.49. The second-order valence-electron chi connectivity index (χ2n) is 4.50. The zero-order valence-corrected chi connectivity index (χ0v) is 10.2. The number of aliphatic carboxylic acids is 1. The molecule has 0 aliphatic rings. The van der Waals surface area contributed by atoms with Gasteiger partial charge in [0.25, 0.3) is 0 Å². The highest BCUT2D eigenvalue weighted by Gasteiger charge is 2.05. The number of aromatic nitrogens is 1. The van der Waals surface area contributed by atoms with E-state index in [4.69, 9.17) is 5.11 Å². The van der Waals surface area contributed by atoms with Crippen LogP contribution in [0, 0.1) is 13.8 Å². The Labute approximate surface area is 100 Å². The van der Waals surface area contributed by atoms with Gasteiger partial charge in [-0.1, -0.05) is 12.1 Å². The lowest BCUT2D eigenvalue weighted by molar-refractivity contribution is -0.137. The van der Waals surface area contributed by atoms with Crippen LogP contribution < -0.4 is 0 Å². The summed E-state index contributed by atoms with van der Waals surface area (Å²) < 4.78 is 0. The van der Waals surface area contributed by atoms with Gasteiger partial charge in [-0.05, 0) is 43.9 Å². The smallest absolute Gasteiger partial charge is 0.303 e. The molecule has 0 fully saturated rings. The number of H-pyrrole nitrogens is 1. The predicted octanol–water partition coefficient (Wildman–Crippen LogP) is 3.19. The van der Waals surface area contributed by atoms with Crippen LogP contribution in [-0.4, -0.2) is 16.1 Å². The maximum Gasteiger partial charge on any atom is 0.303 e. The van der Waals surface area contributed by atoms with Crippen LogP contribution in [-0.2, 0) is 11.2 Å². The standard InChI is InChI=1S/C14H17NO2/c1-9-10(2)15-13-8-11(6-7-12(9)13)4-3-5-14(16)17/h6-8,15H,3-5H2,1-2H3,(H,16,17). The van der Waals surface area contributed by atoms with Gasteiger partial charge in [0.1, 0.15) is 0 Å². The summed E-state index contributed by atoms with van der Waals surface area (Å²) in [4.78, 5) is 13.8. The SMILES string of the molecule is Cc1[nH]c2cc(CCCC(=O)O)ccc2c1C. The fraction of sp³-hybridized carbons (Fsp3) is 0.357. The summed E-state index contributed by atoms with van der Waals surface area (Å²) in [5.74, 6) is -0.724. The molecule has 1 aromatic carbocycles. The Morgan fingerprint density at radius 2 is 2.12 bits per heavy atom. The normalized spacial score (nSPS) is 10.9. The quantitative estimate of drug-likeness (QED) is 0.849. The number of carboxylic acids is 1. The summed E-state index contributed by atoms with van der Waals surface area (Å²) >= 11 is 0. The van der Waals surface area contributed by atoms with Gasteiger partial charge >= 0.3 is 5.97 Å². The molecule has 90 valence electrons. The molecular formula is C14H17NO2. The number of carbonyl (C=O) groups is 1. The van der Waals surface area contributed by atoms with Crippen molar-refractivity contribution in [3.05, 3.63) is 35.0 Å². The Hall–Kier alpha value is -1.77. The summed E-state index contributed by atoms with van der Waals surface area (Å²) in [6, 6.07) is 6.33. The summed E-state index contributed by atoms with van der Waals surface area (Å²) in [6.45, 7) is 4.18. The number of nitrogens with one attached hydrogen (secondary N) is 1. The lowest BCUT2D eigenvalue weighted by atomic mass is 10.1. The van der Waals surface area contributed by atoms with Crippen LogP contribution in [0.15, 0.2) is 18.2 Å². The lowest BCUT2D eigenvalue weighted by Crippen LogP contribution is -1.95. The number of fused-ring (bicyclic) bond motifs is 1. The van der Waals surface area contributed by atoms with E-state index < -0.39 is 5.97 Å². The zero-order valence-electron chi connectivity index (χ0n) is 10.2. The molecule has 0 aliphatic carbocycles. The largest absolute Gasteiger partial charge is 0.481 e. The molecule has 0 radical (unpaired) electrons. The van der Waals surface area contributed by atoms with Gasteiger partial charge in [0.2, 0.25) is 0 Å². The molecular weight excluding hydrogens is 214 g/mol. The number of benzene rings is 1. The van der Waals surface area contributed by atoms with Gasteiger partial charge in [0.15, 0.2) is 0 Å². The molecule has 0 spiro atoms. The van der Waals surface area contributed by atoms with Crippen molar-refractivity contribution in [2.75, 3.05) is 0 Å². The first-order chi connectivity index (χ1) is 8.08. The van der Waals surface area contributed by atoms with Crippen molar-refractivity contribution >= 4 is 16.9 Å². The maximum absolute atomic E-state index is 10.4. The lowest BCUT2D eigenvalue weighted by Gasteiger charge is -2.00. The Morgan fingerprint density at radius 1 is 1.35 bits per heavy atom. The number of aromatic amines is 1. The minimum Gasteiger partial charge on any atom is -0.481 e. The highest BCUT2D eigenvalue weighted by atomic mass is 16.4. The zero-order chi connectivity index (χ0) is 12.4. The van der Waals surface area contributed by atoms with Gasteiger partial charge in [0, 0.05) is 23.0 Å². The van der Waals surface area contributed by atoms with E-state index in [9.17, 15) is 4.79 Å². The van der Waals surface area contributed by atoms with Gasteiger partial charge in [-0.3, -0.25) is 4.79 Å². The van der Waals surface area contributed by atoms with Crippen molar-refractivity contribution in [3.8, 4) is 0 Å². The highest BCUT2D eigenvalue weighted by Crippen LogP contribution is 2.22. The van der Waals surface area contributed by atoms with Crippen LogP contribution in [0.4, 0.5) is 0 Å². The summed E-state index contributed by atoms with van der Waals surface area (Å²) in [7, 11) is 0. The number of carboxylic acid groups (broad SMARTS) is 1. The number of aryl methyl sites for hydroxylation is 3. The topological polar surface area (TPSA) is 53.1 Å². The van der Waals surface area contributed by atoms with E-state index in [0.717, 1.165) is 11.9 Å². The molecule has 0 saturated carbocycles. The third-order valence-electron chi connectivity index (χ3n) is 3.23. The fourth-order valence-electron chi connectivity index (χ4n) is 2.12. The van der Waals surface area contributed by atoms with Crippen LogP contribution in [0.1, 0.15) is 29.7 Å². The van der Waals surface area contributed by atoms with Gasteiger partial charge in [0.05, 0.1) is 0 Å². The first kappa shape index (κ1) is 11.7. The van der Waals surface area contributed by atoms with Crippen LogP contribution >= 0.6 is 0 Å². The van der Waals surface area contributed by atoms with Crippen molar-refractivity contribution < 1.29 is 9.90 Å². The summed E-state index contributed by atoms with van der Waals surface area (Å²) in [5.41, 5.74) is 4.83. The Morgan fingerprint density at radius 3 is 2.82 bits per heavy atom. The van der Waals surface area contributed by atoms with Crippen molar-refractivity contribution in [2.45, 2.75) is 33.1 Å². The van der Waals surface area contributed by atoms with E-state index in [1.54, 1.807) is 0 Å². The van der Waals surface area contributed by atoms with Crippen LogP contribution in [0.25, 0.3) is 10.9 Å². The minimum absolute atomic E-state index is 0.237. The Bertz CT molecular complexity index is 555. The highest BCUT2D eigenvalue weighted by molar-refractivity contribution is 5.84. The second-order valence-corrected chi connectivity index (χ2v) is 4.50. The average Bonchev–Trinajstić information content (AvgIpc) is 2.54. The molecule has 0 unspecified atom stereocenters. The van der Waals surface area contributed by atoms with Crippen molar-refractivity contribution in [1.29, 1.82) is 0 Å². The molecule has 1 heterocycles. The molecule has 17 heavy (non-hydrogen) atoms. The monoisotopic (exact) mass is 231 g/mol. The summed E-state index contributed by atoms with van der Waals surface area (Å²) in [5, 5.41) is 9.85. The van der Waals surface area contributed by atoms with Crippen LogP contribution in [0.5, 0.6) is 0 Å². The van der Waals surface area contributed by atoms with Gasteiger partial charge in [-0.15, -0.1) is 0 Å². The van der Waals surface area contributed by atoms with Crippen LogP contribution in [0.3, 0.4) is 0 Å². The van der Waals surface area contributed by atoms with Crippen molar-refractivity contribution in [1.82, 2.24) is 4.98 Å². The molecule has 3 heteroatoms. The molecule has 0 saturated heterocycles. The molecule has 0 bridgehead atoms. The van der Waals surface area contributed by atoms with Crippen LogP contribution in [0.2, 0.25) is 0 Å². The first-order valence-electron chi connectivity index (χ1n) is 5.87. The van der Waals surface area contributed by atoms with Gasteiger partial charge in [-0.25, -0.2) is 0 Å². The Balaban J connectivity index is 2.17. The molecule has 0 amide bonds. The molecule has 1 aromatic heterocycles. The van der Waals surface area contributed by atoms with Gasteiger partial charge < -0.3 is 10.1 Å². The van der Waals surface area contributed by atoms with E-state index in [1.165, 1.54) is 22.2 Å². The number of rotatable bonds is 4. The van der Waals surface area contributed by atoms with Gasteiger partial charge in [-0.2, -0.15) is 0 Å². The molecule has 2 rings (SSSR count). The van der Waals surface area contributed by atoms with E-state index in [1.807, 2.05) is 0 Å². The number of hydrogen-bond acceptors (Lipinski definition) is 1. The fourth-order valence-corrected chi connectivity index (χ4v) is 2.12. The van der Waals surface area contributed by atoms with E-state index in [2.05, 4.69) is 37.0 Å².